The van der Waals surface area contributed by atoms with Gasteiger partial charge in [0.2, 0.25) is 0 Å². The average Bonchev–Trinajstić information content (AvgIpc) is 2.58. The summed E-state index contributed by atoms with van der Waals surface area (Å²) in [6.07, 6.45) is 2.88. The van der Waals surface area contributed by atoms with Crippen molar-refractivity contribution in [2.24, 2.45) is 0 Å². The van der Waals surface area contributed by atoms with Gasteiger partial charge in [0.25, 0.3) is 0 Å². The van der Waals surface area contributed by atoms with Crippen LogP contribution >= 0.6 is 0 Å². The highest BCUT2D eigenvalue weighted by Gasteiger charge is 2.09. The second-order valence-electron chi connectivity index (χ2n) is 6.06. The maximum Gasteiger partial charge on any atom is 0.336 e. The highest BCUT2D eigenvalue weighted by atomic mass is 16.5. The maximum atomic E-state index is 11.4. The third-order valence-corrected chi connectivity index (χ3v) is 3.96. The zero-order valence-corrected chi connectivity index (χ0v) is 14.9. The lowest BCUT2D eigenvalue weighted by Gasteiger charge is -2.12. The van der Waals surface area contributed by atoms with Crippen LogP contribution in [0, 0.1) is 0 Å². The summed E-state index contributed by atoms with van der Waals surface area (Å²) in [4.78, 5) is 11.4. The molecule has 2 aromatic rings. The number of hydrogen-bond donors (Lipinski definition) is 1. The molecule has 2 rings (SSSR count). The summed E-state index contributed by atoms with van der Waals surface area (Å²) in [5.74, 6) is 1.08. The molecule has 1 aromatic carbocycles. The number of hydrogen-bond acceptors (Lipinski definition) is 5. The first-order valence-corrected chi connectivity index (χ1v) is 8.14. The molecule has 134 valence electrons. The second kappa shape index (κ2) is 8.53. The molecule has 0 saturated carbocycles. The van der Waals surface area contributed by atoms with Gasteiger partial charge in [0.05, 0.1) is 13.2 Å². The number of allylic oxidation sites excluding steroid dienone is 1. The van der Waals surface area contributed by atoms with Crippen LogP contribution in [0.2, 0.25) is 0 Å². The van der Waals surface area contributed by atoms with Gasteiger partial charge in [0.15, 0.2) is 11.5 Å². The van der Waals surface area contributed by atoms with E-state index in [1.54, 1.807) is 25.3 Å². The number of fused-ring (bicyclic) bond motifs is 1. The van der Waals surface area contributed by atoms with Crippen molar-refractivity contribution in [3.63, 3.8) is 0 Å². The molecule has 0 bridgehead atoms. The molecule has 1 atom stereocenters. The first kappa shape index (κ1) is 18.8. The summed E-state index contributed by atoms with van der Waals surface area (Å²) in [7, 11) is 1.56. The Kier molecular flexibility index (Phi) is 6.42. The normalized spacial score (nSPS) is 12.9. The van der Waals surface area contributed by atoms with Crippen LogP contribution in [0.4, 0.5) is 0 Å². The van der Waals surface area contributed by atoms with E-state index in [1.165, 1.54) is 6.07 Å². The monoisotopic (exact) mass is 344 g/mol. The van der Waals surface area contributed by atoms with E-state index >= 15 is 0 Å². The fraction of sp³-hybridized carbons (Fsp3) is 0.350. The summed E-state index contributed by atoms with van der Waals surface area (Å²) in [6, 6.07) is 6.48. The molecule has 0 fully saturated rings. The van der Waals surface area contributed by atoms with Crippen LogP contribution in [-0.4, -0.2) is 24.9 Å². The molecule has 0 radical (unpaired) electrons. The van der Waals surface area contributed by atoms with Crippen molar-refractivity contribution >= 4 is 11.0 Å². The molecule has 0 saturated heterocycles. The molecule has 0 aliphatic heterocycles. The van der Waals surface area contributed by atoms with Crippen molar-refractivity contribution < 1.29 is 19.0 Å². The Morgan fingerprint density at radius 2 is 2.08 bits per heavy atom. The number of rotatable bonds is 8. The van der Waals surface area contributed by atoms with Gasteiger partial charge in [-0.25, -0.2) is 4.79 Å². The molecule has 0 spiro atoms. The fourth-order valence-corrected chi connectivity index (χ4v) is 2.33. The fourth-order valence-electron chi connectivity index (χ4n) is 2.33. The highest BCUT2D eigenvalue weighted by molar-refractivity contribution is 5.80. The molecule has 0 amide bonds. The van der Waals surface area contributed by atoms with Crippen molar-refractivity contribution in [2.45, 2.75) is 32.8 Å². The molecule has 0 unspecified atom stereocenters. The van der Waals surface area contributed by atoms with Gasteiger partial charge in [0.1, 0.15) is 12.2 Å². The third kappa shape index (κ3) is 5.22. The van der Waals surface area contributed by atoms with E-state index in [1.807, 2.05) is 19.9 Å². The summed E-state index contributed by atoms with van der Waals surface area (Å²) < 4.78 is 16.3. The summed E-state index contributed by atoms with van der Waals surface area (Å²) in [6.45, 7) is 7.91. The Balaban J connectivity index is 2.05. The zero-order valence-electron chi connectivity index (χ0n) is 14.9. The molecule has 0 aliphatic rings. The summed E-state index contributed by atoms with van der Waals surface area (Å²) in [5, 5.41) is 10.5. The van der Waals surface area contributed by atoms with Gasteiger partial charge in [-0.15, -0.1) is 0 Å². The van der Waals surface area contributed by atoms with Gasteiger partial charge in [-0.1, -0.05) is 17.7 Å². The summed E-state index contributed by atoms with van der Waals surface area (Å²) >= 11 is 0. The van der Waals surface area contributed by atoms with Gasteiger partial charge in [-0.2, -0.15) is 0 Å². The molecule has 1 N–H and O–H groups in total. The zero-order chi connectivity index (χ0) is 18.4. The maximum absolute atomic E-state index is 11.4. The largest absolute Gasteiger partial charge is 0.493 e. The van der Waals surface area contributed by atoms with E-state index in [-0.39, 0.29) is 0 Å². The predicted molar refractivity (Wildman–Crippen MR) is 98.3 cm³/mol. The quantitative estimate of drug-likeness (QED) is 0.582. The topological polar surface area (TPSA) is 68.9 Å². The van der Waals surface area contributed by atoms with E-state index in [0.29, 0.717) is 30.1 Å². The van der Waals surface area contributed by atoms with Gasteiger partial charge in [-0.05, 0) is 44.9 Å². The average molecular weight is 344 g/mol. The molecular weight excluding hydrogens is 320 g/mol. The number of benzene rings is 1. The molecular formula is C20H24O5. The van der Waals surface area contributed by atoms with E-state index in [4.69, 9.17) is 13.9 Å². The van der Waals surface area contributed by atoms with Crippen LogP contribution < -0.4 is 15.1 Å². The van der Waals surface area contributed by atoms with Crippen LogP contribution in [0.3, 0.4) is 0 Å². The number of ether oxygens (including phenoxy) is 2. The van der Waals surface area contributed by atoms with Crippen LogP contribution in [-0.2, 0) is 0 Å². The van der Waals surface area contributed by atoms with E-state index in [0.717, 1.165) is 23.0 Å². The van der Waals surface area contributed by atoms with E-state index < -0.39 is 11.7 Å². The summed E-state index contributed by atoms with van der Waals surface area (Å²) in [5.41, 5.74) is 1.93. The number of methoxy groups -OCH3 is 1. The van der Waals surface area contributed by atoms with Crippen LogP contribution in [0.15, 0.2) is 57.3 Å². The van der Waals surface area contributed by atoms with Crippen molar-refractivity contribution in [3.05, 3.63) is 58.5 Å². The van der Waals surface area contributed by atoms with Gasteiger partial charge >= 0.3 is 5.63 Å². The molecule has 5 nitrogen and oxygen atoms in total. The minimum Gasteiger partial charge on any atom is -0.493 e. The Hall–Kier alpha value is -2.53. The second-order valence-corrected chi connectivity index (χ2v) is 6.06. The van der Waals surface area contributed by atoms with Crippen LogP contribution in [0.1, 0.15) is 26.7 Å². The first-order chi connectivity index (χ1) is 11.9. The molecule has 25 heavy (non-hydrogen) atoms. The highest BCUT2D eigenvalue weighted by Crippen LogP contribution is 2.31. The van der Waals surface area contributed by atoms with Gasteiger partial charge in [-0.3, -0.25) is 0 Å². The minimum absolute atomic E-state index is 0.355. The Labute approximate surface area is 147 Å². The van der Waals surface area contributed by atoms with Crippen molar-refractivity contribution in [1.29, 1.82) is 0 Å². The van der Waals surface area contributed by atoms with Crippen molar-refractivity contribution in [1.82, 2.24) is 0 Å². The van der Waals surface area contributed by atoms with E-state index in [9.17, 15) is 9.90 Å². The minimum atomic E-state index is -0.479. The molecule has 5 heteroatoms. The van der Waals surface area contributed by atoms with Crippen molar-refractivity contribution in [2.75, 3.05) is 13.7 Å². The van der Waals surface area contributed by atoms with Crippen molar-refractivity contribution in [3.8, 4) is 11.5 Å². The lowest BCUT2D eigenvalue weighted by atomic mass is 10.0. The SMILES string of the molecule is C=C(C)[C@@H](O)CCC(C)=CCOc1cc2oc(=O)ccc2cc1OC. The smallest absolute Gasteiger partial charge is 0.336 e. The first-order valence-electron chi connectivity index (χ1n) is 8.14. The van der Waals surface area contributed by atoms with Crippen LogP contribution in [0.5, 0.6) is 11.5 Å². The Morgan fingerprint density at radius 1 is 1.32 bits per heavy atom. The molecule has 1 aromatic heterocycles. The Morgan fingerprint density at radius 3 is 2.76 bits per heavy atom. The molecule has 0 aliphatic carbocycles. The molecule has 1 heterocycles. The lowest BCUT2D eigenvalue weighted by Crippen LogP contribution is -2.07. The number of aliphatic hydroxyl groups excluding tert-OH is 1. The van der Waals surface area contributed by atoms with Gasteiger partial charge < -0.3 is 19.0 Å². The standard InChI is InChI=1S/C20H24O5/c1-13(2)16(21)7-5-14(3)9-10-24-19-12-17-15(11-18(19)23-4)6-8-20(22)25-17/h6,8-9,11-12,16,21H,1,5,7,10H2,2-4H3/t16-/m0/s1. The lowest BCUT2D eigenvalue weighted by molar-refractivity contribution is 0.201. The third-order valence-electron chi connectivity index (χ3n) is 3.96. The van der Waals surface area contributed by atoms with Gasteiger partial charge in [0, 0.05) is 17.5 Å². The predicted octanol–water partition coefficient (Wildman–Crippen LogP) is 3.84. The van der Waals surface area contributed by atoms with Crippen LogP contribution in [0.25, 0.3) is 11.0 Å². The van der Waals surface area contributed by atoms with E-state index in [2.05, 4.69) is 6.58 Å². The Bertz CT molecular complexity index is 832. The number of aliphatic hydroxyl groups is 1.